The van der Waals surface area contributed by atoms with Crippen LogP contribution in [-0.4, -0.2) is 24.5 Å². The Hall–Kier alpha value is -0.450. The van der Waals surface area contributed by atoms with Crippen LogP contribution in [0.3, 0.4) is 0 Å². The average Bonchev–Trinajstić information content (AvgIpc) is 2.35. The molecular weight excluding hydrogens is 283 g/mol. The molecule has 2 nitrogen and oxygen atoms in total. The molecule has 1 aromatic rings. The van der Waals surface area contributed by atoms with Crippen molar-refractivity contribution in [1.29, 1.82) is 0 Å². The van der Waals surface area contributed by atoms with E-state index in [9.17, 15) is 4.39 Å². The van der Waals surface area contributed by atoms with E-state index in [2.05, 4.69) is 20.8 Å². The van der Waals surface area contributed by atoms with E-state index in [0.29, 0.717) is 5.92 Å². The lowest BCUT2D eigenvalue weighted by Gasteiger charge is -2.31. The number of halogens is 2. The molecule has 0 unspecified atom stereocenters. The Morgan fingerprint density at radius 1 is 1.35 bits per heavy atom. The molecule has 1 fully saturated rings. The summed E-state index contributed by atoms with van der Waals surface area (Å²) >= 11 is 3.47. The maximum Gasteiger partial charge on any atom is 0.123 e. The molecule has 0 spiro atoms. The van der Waals surface area contributed by atoms with E-state index in [1.54, 1.807) is 12.1 Å². The number of hydrogen-bond acceptors (Lipinski definition) is 2. The van der Waals surface area contributed by atoms with E-state index < -0.39 is 0 Å². The fourth-order valence-corrected chi connectivity index (χ4v) is 2.66. The molecule has 1 aromatic carbocycles. The number of likely N-dealkylation sites (tertiary alicyclic amines) is 1. The Morgan fingerprint density at radius 2 is 2.06 bits per heavy atom. The Morgan fingerprint density at radius 3 is 2.71 bits per heavy atom. The van der Waals surface area contributed by atoms with Gasteiger partial charge < -0.3 is 5.73 Å². The molecule has 1 aliphatic rings. The standard InChI is InChI=1S/C13H18BrFN2/c14-13-2-1-12(15)7-11(13)9-17-5-3-10(8-16)4-6-17/h1-2,7,10H,3-6,8-9,16H2. The van der Waals surface area contributed by atoms with Crippen LogP contribution >= 0.6 is 15.9 Å². The van der Waals surface area contributed by atoms with Crippen molar-refractivity contribution in [3.05, 3.63) is 34.1 Å². The predicted octanol–water partition coefficient (Wildman–Crippen LogP) is 2.76. The molecule has 0 atom stereocenters. The zero-order chi connectivity index (χ0) is 12.3. The van der Waals surface area contributed by atoms with Gasteiger partial charge in [0.2, 0.25) is 0 Å². The number of hydrogen-bond donors (Lipinski definition) is 1. The van der Waals surface area contributed by atoms with E-state index in [1.165, 1.54) is 6.07 Å². The molecule has 4 heteroatoms. The Kier molecular flexibility index (Phi) is 4.54. The highest BCUT2D eigenvalue weighted by Gasteiger charge is 2.18. The molecule has 1 heterocycles. The van der Waals surface area contributed by atoms with Gasteiger partial charge in [0.15, 0.2) is 0 Å². The molecule has 0 bridgehead atoms. The van der Waals surface area contributed by atoms with Gasteiger partial charge in [0, 0.05) is 11.0 Å². The van der Waals surface area contributed by atoms with Crippen molar-refractivity contribution in [1.82, 2.24) is 4.90 Å². The third-order valence-electron chi connectivity index (χ3n) is 3.44. The van der Waals surface area contributed by atoms with Gasteiger partial charge in [-0.25, -0.2) is 4.39 Å². The fraction of sp³-hybridized carbons (Fsp3) is 0.538. The molecule has 2 N–H and O–H groups in total. The number of nitrogens with zero attached hydrogens (tertiary/aromatic N) is 1. The van der Waals surface area contributed by atoms with Crippen molar-refractivity contribution in [2.45, 2.75) is 19.4 Å². The van der Waals surface area contributed by atoms with Crippen LogP contribution in [-0.2, 0) is 6.54 Å². The molecule has 0 aromatic heterocycles. The Bertz CT molecular complexity index is 376. The van der Waals surface area contributed by atoms with E-state index in [4.69, 9.17) is 5.73 Å². The average molecular weight is 301 g/mol. The quantitative estimate of drug-likeness (QED) is 0.930. The van der Waals surface area contributed by atoms with Gasteiger partial charge in [-0.15, -0.1) is 0 Å². The third kappa shape index (κ3) is 3.50. The minimum Gasteiger partial charge on any atom is -0.330 e. The SMILES string of the molecule is NCC1CCN(Cc2cc(F)ccc2Br)CC1. The lowest BCUT2D eigenvalue weighted by atomic mass is 9.97. The molecule has 94 valence electrons. The van der Waals surface area contributed by atoms with Crippen LogP contribution < -0.4 is 5.73 Å². The lowest BCUT2D eigenvalue weighted by molar-refractivity contribution is 0.180. The number of rotatable bonds is 3. The van der Waals surface area contributed by atoms with Crippen LogP contribution in [0.1, 0.15) is 18.4 Å². The number of benzene rings is 1. The molecule has 0 saturated carbocycles. The summed E-state index contributed by atoms with van der Waals surface area (Å²) in [6.07, 6.45) is 2.31. The summed E-state index contributed by atoms with van der Waals surface area (Å²) in [7, 11) is 0. The van der Waals surface area contributed by atoms with Crippen LogP contribution in [0.2, 0.25) is 0 Å². The van der Waals surface area contributed by atoms with Crippen molar-refractivity contribution in [2.24, 2.45) is 11.7 Å². The highest BCUT2D eigenvalue weighted by atomic mass is 79.9. The minimum atomic E-state index is -0.167. The van der Waals surface area contributed by atoms with E-state index in [1.807, 2.05) is 0 Å². The molecule has 1 aliphatic heterocycles. The first-order valence-corrected chi connectivity index (χ1v) is 6.84. The number of nitrogens with two attached hydrogens (primary N) is 1. The molecule has 2 rings (SSSR count). The second-order valence-corrected chi connectivity index (χ2v) is 5.55. The minimum absolute atomic E-state index is 0.167. The summed E-state index contributed by atoms with van der Waals surface area (Å²) in [5, 5.41) is 0. The van der Waals surface area contributed by atoms with E-state index >= 15 is 0 Å². The highest BCUT2D eigenvalue weighted by molar-refractivity contribution is 9.10. The van der Waals surface area contributed by atoms with Crippen LogP contribution in [0.4, 0.5) is 4.39 Å². The summed E-state index contributed by atoms with van der Waals surface area (Å²) in [5.74, 6) is 0.502. The monoisotopic (exact) mass is 300 g/mol. The van der Waals surface area contributed by atoms with Gasteiger partial charge in [-0.2, -0.15) is 0 Å². The third-order valence-corrected chi connectivity index (χ3v) is 4.22. The normalized spacial score (nSPS) is 18.5. The second kappa shape index (κ2) is 5.94. The number of piperidine rings is 1. The van der Waals surface area contributed by atoms with Gasteiger partial charge in [-0.3, -0.25) is 4.90 Å². The predicted molar refractivity (Wildman–Crippen MR) is 71.2 cm³/mol. The Labute approximate surface area is 110 Å². The van der Waals surface area contributed by atoms with Crippen molar-refractivity contribution in [3.8, 4) is 0 Å². The zero-order valence-corrected chi connectivity index (χ0v) is 11.4. The van der Waals surface area contributed by atoms with Gasteiger partial charge in [0.25, 0.3) is 0 Å². The van der Waals surface area contributed by atoms with Crippen LogP contribution in [0, 0.1) is 11.7 Å². The molecule has 1 saturated heterocycles. The first-order chi connectivity index (χ1) is 8.19. The van der Waals surface area contributed by atoms with Crippen LogP contribution in [0.5, 0.6) is 0 Å². The van der Waals surface area contributed by atoms with E-state index in [0.717, 1.165) is 49.1 Å². The van der Waals surface area contributed by atoms with Crippen LogP contribution in [0.25, 0.3) is 0 Å². The summed E-state index contributed by atoms with van der Waals surface area (Å²) < 4.78 is 14.1. The van der Waals surface area contributed by atoms with Gasteiger partial charge in [0.1, 0.15) is 5.82 Å². The second-order valence-electron chi connectivity index (χ2n) is 4.69. The van der Waals surface area contributed by atoms with Crippen molar-refractivity contribution in [2.75, 3.05) is 19.6 Å². The summed E-state index contributed by atoms with van der Waals surface area (Å²) in [6.45, 7) is 3.72. The maximum atomic E-state index is 13.2. The Balaban J connectivity index is 1.95. The molecule has 0 aliphatic carbocycles. The van der Waals surface area contributed by atoms with Crippen molar-refractivity contribution in [3.63, 3.8) is 0 Å². The molecule has 0 amide bonds. The van der Waals surface area contributed by atoms with Crippen molar-refractivity contribution >= 4 is 15.9 Å². The molecular formula is C13H18BrFN2. The summed E-state index contributed by atoms with van der Waals surface area (Å²) in [4.78, 5) is 2.37. The van der Waals surface area contributed by atoms with Gasteiger partial charge in [-0.1, -0.05) is 15.9 Å². The maximum absolute atomic E-state index is 13.2. The van der Waals surface area contributed by atoms with Gasteiger partial charge in [0.05, 0.1) is 0 Å². The highest BCUT2D eigenvalue weighted by Crippen LogP contribution is 2.22. The van der Waals surface area contributed by atoms with Crippen LogP contribution in [0.15, 0.2) is 22.7 Å². The van der Waals surface area contributed by atoms with Gasteiger partial charge in [-0.05, 0) is 62.2 Å². The van der Waals surface area contributed by atoms with Crippen molar-refractivity contribution < 1.29 is 4.39 Å². The smallest absolute Gasteiger partial charge is 0.123 e. The topological polar surface area (TPSA) is 29.3 Å². The molecule has 0 radical (unpaired) electrons. The molecule has 17 heavy (non-hydrogen) atoms. The lowest BCUT2D eigenvalue weighted by Crippen LogP contribution is -2.35. The fourth-order valence-electron chi connectivity index (χ4n) is 2.29. The largest absolute Gasteiger partial charge is 0.330 e. The van der Waals surface area contributed by atoms with Gasteiger partial charge >= 0.3 is 0 Å². The van der Waals surface area contributed by atoms with E-state index in [-0.39, 0.29) is 5.82 Å². The zero-order valence-electron chi connectivity index (χ0n) is 9.83. The first-order valence-electron chi connectivity index (χ1n) is 6.05. The summed E-state index contributed by atoms with van der Waals surface area (Å²) in [6, 6.07) is 4.87. The first kappa shape index (κ1) is 13.0. The summed E-state index contributed by atoms with van der Waals surface area (Å²) in [5.41, 5.74) is 6.69.